The zero-order valence-electron chi connectivity index (χ0n) is 10.9. The standard InChI is InChI=1S/C14H13BrClNO3/c1-2-20-13-6-12-10(5-11(13)15)14(16)9(7-17-12)3-4-19-8-18/h5-8H,2-4H2,1H3. The normalized spacial score (nSPS) is 10.6. The molecule has 4 nitrogen and oxygen atoms in total. The summed E-state index contributed by atoms with van der Waals surface area (Å²) in [6, 6.07) is 3.74. The van der Waals surface area contributed by atoms with Crippen LogP contribution in [0.2, 0.25) is 5.02 Å². The first-order chi connectivity index (χ1) is 9.67. The summed E-state index contributed by atoms with van der Waals surface area (Å²) in [5, 5.41) is 1.46. The fourth-order valence-corrected chi connectivity index (χ4v) is 2.61. The SMILES string of the molecule is CCOc1cc2ncc(CCOC=O)c(Cl)c2cc1Br. The van der Waals surface area contributed by atoms with Gasteiger partial charge in [0.05, 0.1) is 28.2 Å². The molecule has 1 aromatic heterocycles. The van der Waals surface area contributed by atoms with Crippen molar-refractivity contribution >= 4 is 44.9 Å². The molecule has 0 unspecified atom stereocenters. The zero-order valence-corrected chi connectivity index (χ0v) is 13.2. The highest BCUT2D eigenvalue weighted by molar-refractivity contribution is 9.10. The average Bonchev–Trinajstić information content (AvgIpc) is 2.44. The highest BCUT2D eigenvalue weighted by Gasteiger charge is 2.11. The molecule has 0 aliphatic heterocycles. The van der Waals surface area contributed by atoms with Crippen LogP contribution in [0.4, 0.5) is 0 Å². The number of hydrogen-bond acceptors (Lipinski definition) is 4. The fourth-order valence-electron chi connectivity index (χ4n) is 1.86. The highest BCUT2D eigenvalue weighted by atomic mass is 79.9. The summed E-state index contributed by atoms with van der Waals surface area (Å²) in [7, 11) is 0. The lowest BCUT2D eigenvalue weighted by Gasteiger charge is -2.10. The molecule has 0 bridgehead atoms. The van der Waals surface area contributed by atoms with E-state index in [9.17, 15) is 4.79 Å². The van der Waals surface area contributed by atoms with Crippen LogP contribution in [0.3, 0.4) is 0 Å². The third kappa shape index (κ3) is 3.22. The van der Waals surface area contributed by atoms with Crippen LogP contribution in [-0.4, -0.2) is 24.7 Å². The quantitative estimate of drug-likeness (QED) is 0.582. The highest BCUT2D eigenvalue weighted by Crippen LogP contribution is 2.34. The van der Waals surface area contributed by atoms with Gasteiger partial charge in [0.1, 0.15) is 5.75 Å². The number of halogens is 2. The van der Waals surface area contributed by atoms with Crippen molar-refractivity contribution in [3.05, 3.63) is 33.4 Å². The fraction of sp³-hybridized carbons (Fsp3) is 0.286. The van der Waals surface area contributed by atoms with E-state index in [-0.39, 0.29) is 6.61 Å². The number of pyridine rings is 1. The van der Waals surface area contributed by atoms with Crippen LogP contribution in [0.1, 0.15) is 12.5 Å². The number of hydrogen-bond donors (Lipinski definition) is 0. The van der Waals surface area contributed by atoms with E-state index in [2.05, 4.69) is 25.7 Å². The molecule has 0 radical (unpaired) electrons. The summed E-state index contributed by atoms with van der Waals surface area (Å²) in [6.45, 7) is 3.22. The van der Waals surface area contributed by atoms with Crippen LogP contribution in [0, 0.1) is 0 Å². The molecule has 6 heteroatoms. The number of carbonyl (C=O) groups is 1. The van der Waals surface area contributed by atoms with Gasteiger partial charge < -0.3 is 9.47 Å². The first kappa shape index (κ1) is 15.1. The first-order valence-electron chi connectivity index (χ1n) is 6.12. The Morgan fingerprint density at radius 1 is 1.45 bits per heavy atom. The van der Waals surface area contributed by atoms with Crippen molar-refractivity contribution < 1.29 is 14.3 Å². The molecule has 0 atom stereocenters. The predicted octanol–water partition coefficient (Wildman–Crippen LogP) is 3.76. The monoisotopic (exact) mass is 357 g/mol. The summed E-state index contributed by atoms with van der Waals surface area (Å²) in [6.07, 6.45) is 2.23. The zero-order chi connectivity index (χ0) is 14.5. The third-order valence-corrected chi connectivity index (χ3v) is 3.85. The molecule has 0 aliphatic carbocycles. The van der Waals surface area contributed by atoms with Gasteiger partial charge in [0.15, 0.2) is 0 Å². The van der Waals surface area contributed by atoms with E-state index in [1.165, 1.54) is 0 Å². The number of rotatable bonds is 6. The number of fused-ring (bicyclic) bond motifs is 1. The minimum Gasteiger partial charge on any atom is -0.493 e. The molecule has 1 aromatic carbocycles. The van der Waals surface area contributed by atoms with Gasteiger partial charge in [-0.25, -0.2) is 0 Å². The van der Waals surface area contributed by atoms with E-state index in [0.717, 1.165) is 26.7 Å². The van der Waals surface area contributed by atoms with Crippen molar-refractivity contribution in [3.63, 3.8) is 0 Å². The van der Waals surface area contributed by atoms with E-state index >= 15 is 0 Å². The average molecular weight is 359 g/mol. The van der Waals surface area contributed by atoms with Gasteiger partial charge in [0.25, 0.3) is 6.47 Å². The Morgan fingerprint density at radius 2 is 2.25 bits per heavy atom. The van der Waals surface area contributed by atoms with Crippen LogP contribution in [0.25, 0.3) is 10.9 Å². The van der Waals surface area contributed by atoms with E-state index in [1.54, 1.807) is 6.20 Å². The summed E-state index contributed by atoms with van der Waals surface area (Å²) < 4.78 is 11.0. The molecule has 20 heavy (non-hydrogen) atoms. The molecule has 2 rings (SSSR count). The van der Waals surface area contributed by atoms with Crippen LogP contribution >= 0.6 is 27.5 Å². The number of aromatic nitrogens is 1. The van der Waals surface area contributed by atoms with Gasteiger partial charge in [-0.05, 0) is 34.5 Å². The molecule has 0 aliphatic rings. The van der Waals surface area contributed by atoms with Gasteiger partial charge in [-0.1, -0.05) is 11.6 Å². The Morgan fingerprint density at radius 3 is 2.95 bits per heavy atom. The summed E-state index contributed by atoms with van der Waals surface area (Å²) in [5.41, 5.74) is 1.61. The lowest BCUT2D eigenvalue weighted by molar-refractivity contribution is -0.128. The first-order valence-corrected chi connectivity index (χ1v) is 7.29. The van der Waals surface area contributed by atoms with Gasteiger partial charge in [0.2, 0.25) is 0 Å². The maximum absolute atomic E-state index is 10.1. The summed E-state index contributed by atoms with van der Waals surface area (Å²) in [5.74, 6) is 0.737. The lowest BCUT2D eigenvalue weighted by Crippen LogP contribution is -1.99. The second kappa shape index (κ2) is 6.90. The minimum atomic E-state index is 0.286. The topological polar surface area (TPSA) is 48.4 Å². The van der Waals surface area contributed by atoms with Crippen molar-refractivity contribution in [1.29, 1.82) is 0 Å². The Bertz CT molecular complexity index is 633. The Labute approximate surface area is 130 Å². The van der Waals surface area contributed by atoms with Crippen molar-refractivity contribution in [2.24, 2.45) is 0 Å². The van der Waals surface area contributed by atoms with Gasteiger partial charge in [-0.3, -0.25) is 9.78 Å². The Balaban J connectivity index is 2.40. The predicted molar refractivity (Wildman–Crippen MR) is 81.3 cm³/mol. The smallest absolute Gasteiger partial charge is 0.293 e. The number of nitrogens with zero attached hydrogens (tertiary/aromatic N) is 1. The molecule has 0 saturated carbocycles. The van der Waals surface area contributed by atoms with E-state index < -0.39 is 0 Å². The molecule has 0 N–H and O–H groups in total. The molecule has 2 aromatic rings. The Kier molecular flexibility index (Phi) is 5.20. The van der Waals surface area contributed by atoms with Crippen LogP contribution in [0.5, 0.6) is 5.75 Å². The summed E-state index contributed by atoms with van der Waals surface area (Å²) in [4.78, 5) is 14.5. The summed E-state index contributed by atoms with van der Waals surface area (Å²) >= 11 is 9.83. The largest absolute Gasteiger partial charge is 0.493 e. The second-order valence-electron chi connectivity index (χ2n) is 4.05. The van der Waals surface area contributed by atoms with Crippen LogP contribution in [-0.2, 0) is 16.0 Å². The van der Waals surface area contributed by atoms with Gasteiger partial charge in [-0.2, -0.15) is 0 Å². The van der Waals surface area contributed by atoms with Crippen LogP contribution < -0.4 is 4.74 Å². The molecule has 106 valence electrons. The molecule has 0 saturated heterocycles. The molecule has 0 fully saturated rings. The van der Waals surface area contributed by atoms with E-state index in [4.69, 9.17) is 16.3 Å². The lowest BCUT2D eigenvalue weighted by atomic mass is 10.1. The molecular formula is C14H13BrClNO3. The molecule has 1 heterocycles. The maximum atomic E-state index is 10.1. The van der Waals surface area contributed by atoms with Crippen molar-refractivity contribution in [3.8, 4) is 5.75 Å². The molecule has 0 spiro atoms. The second-order valence-corrected chi connectivity index (χ2v) is 5.28. The number of ether oxygens (including phenoxy) is 2. The third-order valence-electron chi connectivity index (χ3n) is 2.79. The minimum absolute atomic E-state index is 0.286. The van der Waals surface area contributed by atoms with E-state index in [0.29, 0.717) is 24.5 Å². The maximum Gasteiger partial charge on any atom is 0.293 e. The van der Waals surface area contributed by atoms with Crippen molar-refractivity contribution in [2.45, 2.75) is 13.3 Å². The van der Waals surface area contributed by atoms with E-state index in [1.807, 2.05) is 19.1 Å². The molecule has 0 amide bonds. The van der Waals surface area contributed by atoms with Crippen molar-refractivity contribution in [2.75, 3.05) is 13.2 Å². The Hall–Kier alpha value is -1.33. The molecular weight excluding hydrogens is 346 g/mol. The van der Waals surface area contributed by atoms with Crippen molar-refractivity contribution in [1.82, 2.24) is 4.98 Å². The van der Waals surface area contributed by atoms with Gasteiger partial charge in [-0.15, -0.1) is 0 Å². The number of carbonyl (C=O) groups excluding carboxylic acids is 1. The van der Waals surface area contributed by atoms with Gasteiger partial charge in [0, 0.05) is 24.1 Å². The van der Waals surface area contributed by atoms with Crippen LogP contribution in [0.15, 0.2) is 22.8 Å². The van der Waals surface area contributed by atoms with Gasteiger partial charge >= 0.3 is 0 Å². The number of benzene rings is 1.